The average Bonchev–Trinajstić information content (AvgIpc) is 2.46. The molecular weight excluding hydrogens is 250 g/mol. The predicted octanol–water partition coefficient (Wildman–Crippen LogP) is 1.87. The molecule has 2 rings (SSSR count). The number of nitrogens with one attached hydrogen (secondary N) is 2. The van der Waals surface area contributed by atoms with E-state index in [1.165, 1.54) is 12.8 Å². The number of nitrogens with zero attached hydrogens (tertiary/aromatic N) is 1. The monoisotopic (exact) mass is 275 g/mol. The zero-order valence-electron chi connectivity index (χ0n) is 12.6. The summed E-state index contributed by atoms with van der Waals surface area (Å²) in [5.74, 6) is 0.574. The number of hydrogen-bond donors (Lipinski definition) is 2. The number of benzene rings is 1. The van der Waals surface area contributed by atoms with Crippen LogP contribution < -0.4 is 15.5 Å². The van der Waals surface area contributed by atoms with Crippen molar-refractivity contribution in [1.82, 2.24) is 10.6 Å². The van der Waals surface area contributed by atoms with Crippen molar-refractivity contribution >= 4 is 11.6 Å². The Morgan fingerprint density at radius 3 is 2.55 bits per heavy atom. The van der Waals surface area contributed by atoms with Gasteiger partial charge < -0.3 is 15.5 Å². The van der Waals surface area contributed by atoms with Crippen molar-refractivity contribution in [2.24, 2.45) is 5.92 Å². The molecule has 20 heavy (non-hydrogen) atoms. The Labute approximate surface area is 121 Å². The lowest BCUT2D eigenvalue weighted by atomic mass is 9.95. The van der Waals surface area contributed by atoms with Gasteiger partial charge in [0, 0.05) is 37.9 Å². The van der Waals surface area contributed by atoms with Crippen LogP contribution in [0.4, 0.5) is 5.69 Å². The van der Waals surface area contributed by atoms with Gasteiger partial charge in [0.1, 0.15) is 0 Å². The van der Waals surface area contributed by atoms with E-state index in [1.807, 2.05) is 43.3 Å². The summed E-state index contributed by atoms with van der Waals surface area (Å²) in [5.41, 5.74) is 1.83. The number of carbonyl (C=O) groups excluding carboxylic acids is 1. The van der Waals surface area contributed by atoms with Crippen LogP contribution in [0.25, 0.3) is 0 Å². The maximum absolute atomic E-state index is 12.1. The molecule has 1 fully saturated rings. The topological polar surface area (TPSA) is 44.4 Å². The smallest absolute Gasteiger partial charge is 0.251 e. The van der Waals surface area contributed by atoms with Crippen LogP contribution in [0.5, 0.6) is 0 Å². The average molecular weight is 275 g/mol. The largest absolute Gasteiger partial charge is 0.378 e. The normalized spacial score (nSPS) is 22.4. The molecule has 2 unspecified atom stereocenters. The minimum atomic E-state index is 0.0222. The lowest BCUT2D eigenvalue weighted by molar-refractivity contribution is 0.0944. The third kappa shape index (κ3) is 3.97. The molecule has 0 bridgehead atoms. The van der Waals surface area contributed by atoms with Gasteiger partial charge in [0.05, 0.1) is 0 Å². The third-order valence-electron chi connectivity index (χ3n) is 3.96. The van der Waals surface area contributed by atoms with Gasteiger partial charge >= 0.3 is 0 Å². The zero-order chi connectivity index (χ0) is 14.5. The number of amides is 1. The molecule has 0 aromatic heterocycles. The van der Waals surface area contributed by atoms with Crippen LogP contribution in [0.3, 0.4) is 0 Å². The van der Waals surface area contributed by atoms with Crippen LogP contribution in [-0.4, -0.2) is 39.1 Å². The Morgan fingerprint density at radius 2 is 2.00 bits per heavy atom. The van der Waals surface area contributed by atoms with E-state index in [-0.39, 0.29) is 5.91 Å². The van der Waals surface area contributed by atoms with E-state index in [0.717, 1.165) is 24.3 Å². The lowest BCUT2D eigenvalue weighted by Gasteiger charge is -2.27. The highest BCUT2D eigenvalue weighted by molar-refractivity contribution is 5.94. The van der Waals surface area contributed by atoms with Gasteiger partial charge in [-0.1, -0.05) is 0 Å². The molecule has 1 aromatic carbocycles. The van der Waals surface area contributed by atoms with Crippen LogP contribution in [0.2, 0.25) is 0 Å². The predicted molar refractivity (Wildman–Crippen MR) is 83.3 cm³/mol. The molecule has 1 heterocycles. The number of rotatable bonds is 4. The van der Waals surface area contributed by atoms with Gasteiger partial charge in [-0.3, -0.25) is 4.79 Å². The molecule has 1 aromatic rings. The van der Waals surface area contributed by atoms with Crippen molar-refractivity contribution in [3.05, 3.63) is 29.8 Å². The Hall–Kier alpha value is -1.55. The van der Waals surface area contributed by atoms with E-state index in [0.29, 0.717) is 12.0 Å². The zero-order valence-corrected chi connectivity index (χ0v) is 12.6. The molecule has 2 N–H and O–H groups in total. The van der Waals surface area contributed by atoms with Crippen LogP contribution in [0, 0.1) is 5.92 Å². The second-order valence-corrected chi connectivity index (χ2v) is 5.90. The SMILES string of the molecule is CC1CCC(CNC(=O)c2ccc(N(C)C)cc2)CN1. The van der Waals surface area contributed by atoms with E-state index in [4.69, 9.17) is 0 Å². The summed E-state index contributed by atoms with van der Waals surface area (Å²) in [4.78, 5) is 14.1. The number of hydrogen-bond acceptors (Lipinski definition) is 3. The number of carbonyl (C=O) groups is 1. The van der Waals surface area contributed by atoms with Crippen molar-refractivity contribution in [3.63, 3.8) is 0 Å². The van der Waals surface area contributed by atoms with Crippen molar-refractivity contribution in [2.75, 3.05) is 32.1 Å². The Balaban J connectivity index is 1.82. The molecule has 0 saturated carbocycles. The van der Waals surface area contributed by atoms with Crippen molar-refractivity contribution in [2.45, 2.75) is 25.8 Å². The molecule has 1 aliphatic rings. The van der Waals surface area contributed by atoms with E-state index in [2.05, 4.69) is 17.6 Å². The summed E-state index contributed by atoms with van der Waals surface area (Å²) in [7, 11) is 3.98. The highest BCUT2D eigenvalue weighted by Gasteiger charge is 2.18. The van der Waals surface area contributed by atoms with Crippen LogP contribution >= 0.6 is 0 Å². The molecule has 0 spiro atoms. The maximum Gasteiger partial charge on any atom is 0.251 e. The summed E-state index contributed by atoms with van der Waals surface area (Å²) in [6.07, 6.45) is 2.38. The summed E-state index contributed by atoms with van der Waals surface area (Å²) in [6, 6.07) is 8.32. The lowest BCUT2D eigenvalue weighted by Crippen LogP contribution is -2.41. The fourth-order valence-electron chi connectivity index (χ4n) is 2.48. The van der Waals surface area contributed by atoms with Gasteiger partial charge in [0.15, 0.2) is 0 Å². The van der Waals surface area contributed by atoms with Crippen molar-refractivity contribution < 1.29 is 4.79 Å². The summed E-state index contributed by atoms with van der Waals surface area (Å²) >= 11 is 0. The molecule has 1 saturated heterocycles. The molecule has 1 aliphatic heterocycles. The maximum atomic E-state index is 12.1. The standard InChI is InChI=1S/C16H25N3O/c1-12-4-5-13(10-17-12)11-18-16(20)14-6-8-15(9-7-14)19(2)3/h6-9,12-13,17H,4-5,10-11H2,1-3H3,(H,18,20). The fraction of sp³-hybridized carbons (Fsp3) is 0.562. The fourth-order valence-corrected chi connectivity index (χ4v) is 2.48. The first kappa shape index (κ1) is 14.9. The van der Waals surface area contributed by atoms with Gasteiger partial charge in [0.25, 0.3) is 5.91 Å². The Morgan fingerprint density at radius 1 is 1.30 bits per heavy atom. The van der Waals surface area contributed by atoms with E-state index >= 15 is 0 Å². The first-order chi connectivity index (χ1) is 9.56. The van der Waals surface area contributed by atoms with Gasteiger partial charge in [-0.2, -0.15) is 0 Å². The van der Waals surface area contributed by atoms with Crippen molar-refractivity contribution in [1.29, 1.82) is 0 Å². The molecule has 4 heteroatoms. The first-order valence-corrected chi connectivity index (χ1v) is 7.35. The number of anilines is 1. The van der Waals surface area contributed by atoms with Gasteiger partial charge in [-0.15, -0.1) is 0 Å². The number of piperidine rings is 1. The second-order valence-electron chi connectivity index (χ2n) is 5.90. The molecule has 1 amide bonds. The molecule has 110 valence electrons. The molecule has 0 aliphatic carbocycles. The second kappa shape index (κ2) is 6.75. The van der Waals surface area contributed by atoms with Crippen LogP contribution in [-0.2, 0) is 0 Å². The molecular formula is C16H25N3O. The van der Waals surface area contributed by atoms with Crippen molar-refractivity contribution in [3.8, 4) is 0 Å². The quantitative estimate of drug-likeness (QED) is 0.882. The van der Waals surface area contributed by atoms with E-state index in [9.17, 15) is 4.79 Å². The summed E-state index contributed by atoms with van der Waals surface area (Å²) < 4.78 is 0. The van der Waals surface area contributed by atoms with E-state index in [1.54, 1.807) is 0 Å². The third-order valence-corrected chi connectivity index (χ3v) is 3.96. The Kier molecular flexibility index (Phi) is 5.01. The Bertz CT molecular complexity index is 434. The van der Waals surface area contributed by atoms with Gasteiger partial charge in [0.2, 0.25) is 0 Å². The van der Waals surface area contributed by atoms with Crippen LogP contribution in [0.15, 0.2) is 24.3 Å². The summed E-state index contributed by atoms with van der Waals surface area (Å²) in [6.45, 7) is 3.97. The van der Waals surface area contributed by atoms with E-state index < -0.39 is 0 Å². The minimum Gasteiger partial charge on any atom is -0.378 e. The highest BCUT2D eigenvalue weighted by atomic mass is 16.1. The summed E-state index contributed by atoms with van der Waals surface area (Å²) in [5, 5.41) is 6.50. The molecule has 0 radical (unpaired) electrons. The highest BCUT2D eigenvalue weighted by Crippen LogP contribution is 2.14. The minimum absolute atomic E-state index is 0.0222. The molecule has 4 nitrogen and oxygen atoms in total. The van der Waals surface area contributed by atoms with Gasteiger partial charge in [-0.25, -0.2) is 0 Å². The molecule has 2 atom stereocenters. The van der Waals surface area contributed by atoms with Gasteiger partial charge in [-0.05, 0) is 56.5 Å². The van der Waals surface area contributed by atoms with Crippen LogP contribution in [0.1, 0.15) is 30.1 Å². The first-order valence-electron chi connectivity index (χ1n) is 7.35.